The summed E-state index contributed by atoms with van der Waals surface area (Å²) in [5.41, 5.74) is -0.769. The van der Waals surface area contributed by atoms with Crippen molar-refractivity contribution in [3.05, 3.63) is 23.8 Å². The van der Waals surface area contributed by atoms with E-state index >= 15 is 0 Å². The van der Waals surface area contributed by atoms with Crippen molar-refractivity contribution >= 4 is 5.78 Å². The van der Waals surface area contributed by atoms with E-state index in [0.717, 1.165) is 5.56 Å². The molecule has 84 valence electrons. The Hall–Kier alpha value is -1.58. The highest BCUT2D eigenvalue weighted by Crippen LogP contribution is 2.41. The normalized spacial score (nSPS) is 19.6. The summed E-state index contributed by atoms with van der Waals surface area (Å²) in [5.74, 6) is 0.984. The van der Waals surface area contributed by atoms with E-state index < -0.39 is 5.67 Å². The molecule has 0 bridgehead atoms. The minimum absolute atomic E-state index is 0.132. The van der Waals surface area contributed by atoms with Gasteiger partial charge in [0.15, 0.2) is 23.0 Å². The number of rotatable bonds is 3. The fraction of sp³-hybridized carbons (Fsp3) is 0.417. The average Bonchev–Trinajstić information content (AvgIpc) is 2.87. The van der Waals surface area contributed by atoms with Crippen LogP contribution in [0.1, 0.15) is 18.4 Å². The quantitative estimate of drug-likeness (QED) is 0.785. The lowest BCUT2D eigenvalue weighted by Gasteiger charge is -2.05. The Morgan fingerprint density at radius 1 is 1.31 bits per heavy atom. The van der Waals surface area contributed by atoms with Gasteiger partial charge < -0.3 is 9.47 Å². The minimum Gasteiger partial charge on any atom is -0.454 e. The summed E-state index contributed by atoms with van der Waals surface area (Å²) in [4.78, 5) is 11.5. The molecular formula is C12H11FO3. The molecule has 1 saturated carbocycles. The molecule has 1 aromatic rings. The number of hydrogen-bond acceptors (Lipinski definition) is 3. The van der Waals surface area contributed by atoms with Gasteiger partial charge in [0.2, 0.25) is 6.79 Å². The molecule has 3 rings (SSSR count). The van der Waals surface area contributed by atoms with Crippen molar-refractivity contribution in [2.24, 2.45) is 0 Å². The Balaban J connectivity index is 1.78. The third kappa shape index (κ3) is 1.54. The third-order valence-corrected chi connectivity index (χ3v) is 2.99. The number of carbonyl (C=O) groups is 1. The van der Waals surface area contributed by atoms with Gasteiger partial charge in [0.05, 0.1) is 0 Å². The first kappa shape index (κ1) is 9.63. The number of ketones is 1. The second kappa shape index (κ2) is 3.20. The van der Waals surface area contributed by atoms with Gasteiger partial charge >= 0.3 is 0 Å². The van der Waals surface area contributed by atoms with Gasteiger partial charge in [-0.05, 0) is 30.5 Å². The van der Waals surface area contributed by atoms with Crippen LogP contribution in [0.3, 0.4) is 0 Å². The van der Waals surface area contributed by atoms with Gasteiger partial charge in [0, 0.05) is 6.42 Å². The van der Waals surface area contributed by atoms with Crippen LogP contribution in [0.5, 0.6) is 11.5 Å². The first-order chi connectivity index (χ1) is 7.67. The smallest absolute Gasteiger partial charge is 0.231 e. The van der Waals surface area contributed by atoms with Crippen molar-refractivity contribution in [2.45, 2.75) is 24.9 Å². The van der Waals surface area contributed by atoms with Crippen molar-refractivity contribution in [3.8, 4) is 11.5 Å². The molecule has 0 atom stereocenters. The van der Waals surface area contributed by atoms with Crippen LogP contribution in [-0.4, -0.2) is 18.2 Å². The fourth-order valence-electron chi connectivity index (χ4n) is 1.78. The Morgan fingerprint density at radius 2 is 2.06 bits per heavy atom. The average molecular weight is 222 g/mol. The highest BCUT2D eigenvalue weighted by molar-refractivity contribution is 5.91. The fourth-order valence-corrected chi connectivity index (χ4v) is 1.78. The minimum atomic E-state index is -1.55. The molecule has 0 aromatic heterocycles. The molecule has 1 fully saturated rings. The summed E-state index contributed by atoms with van der Waals surface area (Å²) in [5, 5.41) is 0. The van der Waals surface area contributed by atoms with Crippen molar-refractivity contribution in [1.29, 1.82) is 0 Å². The maximum atomic E-state index is 13.4. The second-order valence-corrected chi connectivity index (χ2v) is 4.25. The lowest BCUT2D eigenvalue weighted by molar-refractivity contribution is -0.124. The van der Waals surface area contributed by atoms with Gasteiger partial charge in [-0.2, -0.15) is 0 Å². The van der Waals surface area contributed by atoms with Crippen LogP contribution >= 0.6 is 0 Å². The Kier molecular flexibility index (Phi) is 1.93. The van der Waals surface area contributed by atoms with Crippen LogP contribution in [0.2, 0.25) is 0 Å². The van der Waals surface area contributed by atoms with Gasteiger partial charge in [-0.1, -0.05) is 6.07 Å². The van der Waals surface area contributed by atoms with Crippen LogP contribution in [0.15, 0.2) is 18.2 Å². The molecule has 3 nitrogen and oxygen atoms in total. The number of Topliss-reactive ketones (excluding diaryl/α,β-unsaturated/α-hetero) is 1. The van der Waals surface area contributed by atoms with Crippen molar-refractivity contribution in [3.63, 3.8) is 0 Å². The Bertz CT molecular complexity index is 452. The van der Waals surface area contributed by atoms with Crippen molar-refractivity contribution < 1.29 is 18.7 Å². The number of benzene rings is 1. The monoisotopic (exact) mass is 222 g/mol. The number of fused-ring (bicyclic) bond motifs is 1. The molecule has 1 aliphatic carbocycles. The predicted molar refractivity (Wildman–Crippen MR) is 54.3 cm³/mol. The number of ether oxygens (including phenoxy) is 2. The van der Waals surface area contributed by atoms with Crippen molar-refractivity contribution in [2.75, 3.05) is 6.79 Å². The zero-order valence-corrected chi connectivity index (χ0v) is 8.66. The number of halogens is 1. The van der Waals surface area contributed by atoms with Gasteiger partial charge in [-0.3, -0.25) is 4.79 Å². The summed E-state index contributed by atoms with van der Waals surface area (Å²) in [6.45, 7) is 0.208. The Labute approximate surface area is 92.2 Å². The molecule has 16 heavy (non-hydrogen) atoms. The number of carbonyl (C=O) groups excluding carboxylic acids is 1. The predicted octanol–water partition coefficient (Wildman–Crippen LogP) is 2.03. The third-order valence-electron chi connectivity index (χ3n) is 2.99. The van der Waals surface area contributed by atoms with E-state index in [2.05, 4.69) is 0 Å². The lowest BCUT2D eigenvalue weighted by atomic mass is 10.0. The van der Waals surface area contributed by atoms with Gasteiger partial charge in [-0.25, -0.2) is 4.39 Å². The van der Waals surface area contributed by atoms with Crippen LogP contribution in [0.25, 0.3) is 0 Å². The largest absolute Gasteiger partial charge is 0.454 e. The lowest BCUT2D eigenvalue weighted by Crippen LogP contribution is -2.18. The summed E-state index contributed by atoms with van der Waals surface area (Å²) in [6, 6.07) is 5.27. The van der Waals surface area contributed by atoms with Gasteiger partial charge in [0.1, 0.15) is 0 Å². The number of hydrogen-bond donors (Lipinski definition) is 0. The number of alkyl halides is 1. The van der Waals surface area contributed by atoms with Crippen LogP contribution in [-0.2, 0) is 11.2 Å². The van der Waals surface area contributed by atoms with Gasteiger partial charge in [-0.15, -0.1) is 0 Å². The summed E-state index contributed by atoms with van der Waals surface area (Å²) in [6.07, 6.45) is 0.875. The van der Waals surface area contributed by atoms with E-state index in [9.17, 15) is 9.18 Å². The van der Waals surface area contributed by atoms with E-state index in [1.165, 1.54) is 0 Å². The van der Waals surface area contributed by atoms with E-state index in [4.69, 9.17) is 9.47 Å². The van der Waals surface area contributed by atoms with E-state index in [1.54, 1.807) is 18.2 Å². The van der Waals surface area contributed by atoms with E-state index in [0.29, 0.717) is 24.3 Å². The molecule has 0 amide bonds. The van der Waals surface area contributed by atoms with Crippen LogP contribution in [0, 0.1) is 0 Å². The van der Waals surface area contributed by atoms with E-state index in [1.807, 2.05) is 0 Å². The molecule has 0 saturated heterocycles. The summed E-state index contributed by atoms with van der Waals surface area (Å²) >= 11 is 0. The Morgan fingerprint density at radius 3 is 2.81 bits per heavy atom. The second-order valence-electron chi connectivity index (χ2n) is 4.25. The molecule has 0 N–H and O–H groups in total. The first-order valence-electron chi connectivity index (χ1n) is 5.28. The molecular weight excluding hydrogens is 211 g/mol. The van der Waals surface area contributed by atoms with Gasteiger partial charge in [0.25, 0.3) is 0 Å². The zero-order valence-electron chi connectivity index (χ0n) is 8.66. The van der Waals surface area contributed by atoms with Crippen molar-refractivity contribution in [1.82, 2.24) is 0 Å². The molecule has 2 aliphatic rings. The molecule has 0 spiro atoms. The summed E-state index contributed by atoms with van der Waals surface area (Å²) < 4.78 is 23.8. The highest BCUT2D eigenvalue weighted by atomic mass is 19.1. The zero-order chi connectivity index (χ0) is 11.2. The molecule has 1 aliphatic heterocycles. The highest BCUT2D eigenvalue weighted by Gasteiger charge is 2.49. The molecule has 1 aromatic carbocycles. The molecule has 1 heterocycles. The van der Waals surface area contributed by atoms with Crippen LogP contribution < -0.4 is 9.47 Å². The van der Waals surface area contributed by atoms with E-state index in [-0.39, 0.29) is 19.0 Å². The topological polar surface area (TPSA) is 35.5 Å². The molecule has 0 unspecified atom stereocenters. The first-order valence-corrected chi connectivity index (χ1v) is 5.28. The molecule has 4 heteroatoms. The SMILES string of the molecule is O=C(Cc1ccc2c(c1)OCO2)C1(F)CC1. The standard InChI is InChI=1S/C12H11FO3/c13-12(3-4-12)11(14)6-8-1-2-9-10(5-8)16-7-15-9/h1-2,5H,3-4,6-7H2. The summed E-state index contributed by atoms with van der Waals surface area (Å²) in [7, 11) is 0. The van der Waals surface area contributed by atoms with Crippen LogP contribution in [0.4, 0.5) is 4.39 Å². The maximum absolute atomic E-state index is 13.4. The maximum Gasteiger partial charge on any atom is 0.231 e. The molecule has 0 radical (unpaired) electrons.